The van der Waals surface area contributed by atoms with Crippen LogP contribution in [0.2, 0.25) is 0 Å². The highest BCUT2D eigenvalue weighted by Gasteiger charge is 2.29. The fraction of sp³-hybridized carbons (Fsp3) is 0.600. The third kappa shape index (κ3) is 5.54. The Bertz CT molecular complexity index is 801. The van der Waals surface area contributed by atoms with Gasteiger partial charge in [-0.1, -0.05) is 31.4 Å². The molecular formula is C20H29N3O4S. The van der Waals surface area contributed by atoms with Gasteiger partial charge < -0.3 is 10.2 Å². The third-order valence-electron chi connectivity index (χ3n) is 5.70. The van der Waals surface area contributed by atoms with Gasteiger partial charge in [0.05, 0.1) is 17.2 Å². The van der Waals surface area contributed by atoms with Crippen LogP contribution in [0.1, 0.15) is 50.5 Å². The van der Waals surface area contributed by atoms with Gasteiger partial charge in [-0.05, 0) is 43.4 Å². The van der Waals surface area contributed by atoms with Crippen LogP contribution in [0.25, 0.3) is 0 Å². The second-order valence-corrected chi connectivity index (χ2v) is 9.45. The highest BCUT2D eigenvalue weighted by molar-refractivity contribution is 7.89. The molecule has 1 atom stereocenters. The van der Waals surface area contributed by atoms with Crippen LogP contribution >= 0.6 is 0 Å². The topological polar surface area (TPSA) is 110 Å². The van der Waals surface area contributed by atoms with Crippen molar-refractivity contribution in [3.8, 4) is 0 Å². The maximum absolute atomic E-state index is 12.7. The molecule has 3 rings (SSSR count). The third-order valence-corrected chi connectivity index (χ3v) is 6.63. The molecule has 28 heavy (non-hydrogen) atoms. The Hall–Kier alpha value is -1.93. The number of carbonyl (C=O) groups is 2. The number of likely N-dealkylation sites (tertiary alicyclic amines) is 1. The summed E-state index contributed by atoms with van der Waals surface area (Å²) < 4.78 is 22.6. The average molecular weight is 408 g/mol. The van der Waals surface area contributed by atoms with E-state index in [4.69, 9.17) is 5.14 Å². The summed E-state index contributed by atoms with van der Waals surface area (Å²) in [4.78, 5) is 27.0. The smallest absolute Gasteiger partial charge is 0.238 e. The molecule has 1 aliphatic carbocycles. The number of primary sulfonamides is 1. The predicted octanol–water partition coefficient (Wildman–Crippen LogP) is 1.56. The zero-order valence-corrected chi connectivity index (χ0v) is 16.9. The number of benzene rings is 1. The van der Waals surface area contributed by atoms with Crippen molar-refractivity contribution in [3.05, 3.63) is 29.8 Å². The van der Waals surface area contributed by atoms with Crippen molar-refractivity contribution >= 4 is 21.8 Å². The van der Waals surface area contributed by atoms with Crippen LogP contribution in [0, 0.1) is 5.92 Å². The highest BCUT2D eigenvalue weighted by Crippen LogP contribution is 2.21. The van der Waals surface area contributed by atoms with Gasteiger partial charge in [0.25, 0.3) is 0 Å². The van der Waals surface area contributed by atoms with Gasteiger partial charge in [0.1, 0.15) is 0 Å². The number of amides is 2. The van der Waals surface area contributed by atoms with Crippen LogP contribution in [0.4, 0.5) is 0 Å². The molecule has 154 valence electrons. The summed E-state index contributed by atoms with van der Waals surface area (Å²) in [5, 5.41) is 8.27. The number of sulfonamides is 1. The molecule has 1 saturated carbocycles. The lowest BCUT2D eigenvalue weighted by atomic mass is 9.93. The van der Waals surface area contributed by atoms with E-state index in [1.807, 2.05) is 0 Å². The molecule has 3 N–H and O–H groups in total. The Kier molecular flexibility index (Phi) is 6.72. The lowest BCUT2D eigenvalue weighted by Crippen LogP contribution is -2.48. The van der Waals surface area contributed by atoms with E-state index in [1.54, 1.807) is 17.0 Å². The number of nitrogens with one attached hydrogen (secondary N) is 1. The lowest BCUT2D eigenvalue weighted by molar-refractivity contribution is -0.135. The first-order chi connectivity index (χ1) is 13.3. The largest absolute Gasteiger partial charge is 0.353 e. The van der Waals surface area contributed by atoms with Crippen LogP contribution in [-0.2, 0) is 26.0 Å². The molecule has 1 saturated heterocycles. The number of hydrogen-bond acceptors (Lipinski definition) is 4. The van der Waals surface area contributed by atoms with Gasteiger partial charge in [0.15, 0.2) is 0 Å². The first kappa shape index (κ1) is 20.8. The minimum atomic E-state index is -3.74. The SMILES string of the molecule is NS(=O)(=O)c1ccc(CC(=O)N2CCCC(C(=O)NC3CCCCC3)C2)cc1. The van der Waals surface area contributed by atoms with E-state index in [2.05, 4.69) is 5.32 Å². The van der Waals surface area contributed by atoms with Gasteiger partial charge in [-0.3, -0.25) is 9.59 Å². The molecule has 0 radical (unpaired) electrons. The molecule has 2 amide bonds. The minimum absolute atomic E-state index is 0.0288. The molecule has 0 spiro atoms. The van der Waals surface area contributed by atoms with Crippen LogP contribution in [0.3, 0.4) is 0 Å². The van der Waals surface area contributed by atoms with Crippen molar-refractivity contribution in [1.29, 1.82) is 0 Å². The standard InChI is InChI=1S/C20H29N3O4S/c21-28(26,27)18-10-8-15(9-11-18)13-19(24)23-12-4-5-16(14-23)20(25)22-17-6-2-1-3-7-17/h8-11,16-17H,1-7,12-14H2,(H,22,25)(H2,21,26,27). The fourth-order valence-corrected chi connectivity index (χ4v) is 4.58. The quantitative estimate of drug-likeness (QED) is 0.772. The molecule has 2 aliphatic rings. The van der Waals surface area contributed by atoms with Crippen molar-refractivity contribution < 1.29 is 18.0 Å². The highest BCUT2D eigenvalue weighted by atomic mass is 32.2. The van der Waals surface area contributed by atoms with Gasteiger partial charge in [-0.15, -0.1) is 0 Å². The summed E-state index contributed by atoms with van der Waals surface area (Å²) in [5.41, 5.74) is 0.728. The number of nitrogens with two attached hydrogens (primary N) is 1. The first-order valence-electron chi connectivity index (χ1n) is 10.0. The van der Waals surface area contributed by atoms with E-state index < -0.39 is 10.0 Å². The number of hydrogen-bond donors (Lipinski definition) is 2. The van der Waals surface area contributed by atoms with E-state index in [0.29, 0.717) is 13.1 Å². The molecule has 0 bridgehead atoms. The Morgan fingerprint density at radius 2 is 1.71 bits per heavy atom. The van der Waals surface area contributed by atoms with Crippen LogP contribution in [0.15, 0.2) is 29.2 Å². The van der Waals surface area contributed by atoms with Crippen molar-refractivity contribution in [1.82, 2.24) is 10.2 Å². The number of carbonyl (C=O) groups excluding carboxylic acids is 2. The van der Waals surface area contributed by atoms with Crippen molar-refractivity contribution in [3.63, 3.8) is 0 Å². The Balaban J connectivity index is 1.54. The average Bonchev–Trinajstić information content (AvgIpc) is 2.68. The molecule has 1 unspecified atom stereocenters. The maximum atomic E-state index is 12.7. The molecule has 8 heteroatoms. The van der Waals surface area contributed by atoms with Gasteiger partial charge in [0, 0.05) is 19.1 Å². The summed E-state index contributed by atoms with van der Waals surface area (Å²) in [6.07, 6.45) is 7.50. The molecule has 7 nitrogen and oxygen atoms in total. The van der Waals surface area contributed by atoms with Crippen LogP contribution < -0.4 is 10.5 Å². The summed E-state index contributed by atoms with van der Waals surface area (Å²) in [6.45, 7) is 1.11. The van der Waals surface area contributed by atoms with Gasteiger partial charge in [0.2, 0.25) is 21.8 Å². The van der Waals surface area contributed by atoms with Crippen molar-refractivity contribution in [2.45, 2.75) is 62.3 Å². The van der Waals surface area contributed by atoms with Crippen molar-refractivity contribution in [2.24, 2.45) is 11.1 Å². The van der Waals surface area contributed by atoms with Gasteiger partial charge in [-0.2, -0.15) is 0 Å². The first-order valence-corrected chi connectivity index (χ1v) is 11.6. The van der Waals surface area contributed by atoms with Crippen LogP contribution in [0.5, 0.6) is 0 Å². The van der Waals surface area contributed by atoms with Gasteiger partial charge in [-0.25, -0.2) is 13.6 Å². The number of nitrogens with zero attached hydrogens (tertiary/aromatic N) is 1. The second kappa shape index (κ2) is 9.05. The molecule has 1 heterocycles. The van der Waals surface area contributed by atoms with Crippen LogP contribution in [-0.4, -0.2) is 44.3 Å². The molecule has 1 aromatic rings. The lowest BCUT2D eigenvalue weighted by Gasteiger charge is -2.33. The monoisotopic (exact) mass is 407 g/mol. The predicted molar refractivity (Wildman–Crippen MR) is 106 cm³/mol. The van der Waals surface area contributed by atoms with E-state index in [9.17, 15) is 18.0 Å². The normalized spacial score (nSPS) is 21.3. The maximum Gasteiger partial charge on any atom is 0.238 e. The summed E-state index contributed by atoms with van der Waals surface area (Å²) >= 11 is 0. The fourth-order valence-electron chi connectivity index (χ4n) is 4.07. The van der Waals surface area contributed by atoms with Gasteiger partial charge >= 0.3 is 0 Å². The zero-order valence-electron chi connectivity index (χ0n) is 16.1. The Morgan fingerprint density at radius 3 is 2.36 bits per heavy atom. The van der Waals surface area contributed by atoms with E-state index in [-0.39, 0.29) is 35.1 Å². The van der Waals surface area contributed by atoms with Crippen molar-refractivity contribution in [2.75, 3.05) is 13.1 Å². The molecule has 2 fully saturated rings. The van der Waals surface area contributed by atoms with E-state index in [1.165, 1.54) is 31.4 Å². The summed E-state index contributed by atoms with van der Waals surface area (Å²) in [6, 6.07) is 6.32. The Labute approximate surface area is 166 Å². The molecular weight excluding hydrogens is 378 g/mol. The zero-order chi connectivity index (χ0) is 20.1. The Morgan fingerprint density at radius 1 is 1.04 bits per heavy atom. The summed E-state index contributed by atoms with van der Waals surface area (Å²) in [5.74, 6) is -0.121. The molecule has 0 aromatic heterocycles. The van der Waals surface area contributed by atoms with E-state index >= 15 is 0 Å². The van der Waals surface area contributed by atoms with E-state index in [0.717, 1.165) is 31.2 Å². The molecule has 1 aromatic carbocycles. The minimum Gasteiger partial charge on any atom is -0.353 e. The number of rotatable bonds is 5. The second-order valence-electron chi connectivity index (χ2n) is 7.89. The molecule has 1 aliphatic heterocycles. The summed E-state index contributed by atoms with van der Waals surface area (Å²) in [7, 11) is -3.74. The number of piperidine rings is 1.